The number of hydrogen-bond donors (Lipinski definition) is 1. The molecular weight excluding hydrogens is 491 g/mol. The molecule has 1 aliphatic heterocycles. The van der Waals surface area contributed by atoms with E-state index in [1.807, 2.05) is 0 Å². The molecule has 0 aliphatic carbocycles. The molecular formula is C23H15F9N2O. The van der Waals surface area contributed by atoms with Crippen molar-refractivity contribution in [3.05, 3.63) is 83.7 Å². The maximum Gasteiger partial charge on any atom is 0.456 e. The van der Waals surface area contributed by atoms with Gasteiger partial charge < -0.3 is 4.74 Å². The Morgan fingerprint density at radius 1 is 0.857 bits per heavy atom. The third kappa shape index (κ3) is 4.54. The second kappa shape index (κ2) is 8.43. The van der Waals surface area contributed by atoms with Crippen LogP contribution in [-0.4, -0.2) is 30.2 Å². The van der Waals surface area contributed by atoms with Gasteiger partial charge in [0.15, 0.2) is 6.61 Å². The van der Waals surface area contributed by atoms with Gasteiger partial charge in [-0.25, -0.2) is 8.78 Å². The zero-order valence-electron chi connectivity index (χ0n) is 17.4. The average molecular weight is 506 g/mol. The largest absolute Gasteiger partial charge is 0.487 e. The lowest BCUT2D eigenvalue weighted by Gasteiger charge is -2.26. The number of rotatable bonds is 7. The number of nitrogens with zero attached hydrogens (tertiary/aromatic N) is 1. The maximum absolute atomic E-state index is 15.3. The number of benzene rings is 2. The van der Waals surface area contributed by atoms with Gasteiger partial charge in [-0.1, -0.05) is 24.3 Å². The van der Waals surface area contributed by atoms with Crippen LogP contribution in [0, 0.1) is 11.6 Å². The molecule has 3 nitrogen and oxygen atoms in total. The summed E-state index contributed by atoms with van der Waals surface area (Å²) in [5.74, 6) is -11.0. The number of aromatic nitrogens is 1. The fourth-order valence-electron chi connectivity index (χ4n) is 3.47. The van der Waals surface area contributed by atoms with Gasteiger partial charge in [0.2, 0.25) is 0 Å². The van der Waals surface area contributed by atoms with Crippen molar-refractivity contribution in [1.82, 2.24) is 10.3 Å². The van der Waals surface area contributed by atoms with Gasteiger partial charge in [0.25, 0.3) is 0 Å². The normalized spacial score (nSPS) is 18.4. The molecule has 2 heterocycles. The highest BCUT2D eigenvalue weighted by Crippen LogP contribution is 2.51. The molecule has 0 amide bonds. The van der Waals surface area contributed by atoms with E-state index in [-0.39, 0.29) is 12.3 Å². The topological polar surface area (TPSA) is 44.1 Å². The first kappa shape index (κ1) is 24.8. The van der Waals surface area contributed by atoms with Crippen molar-refractivity contribution in [3.8, 4) is 16.9 Å². The summed E-state index contributed by atoms with van der Waals surface area (Å²) >= 11 is 0. The first-order chi connectivity index (χ1) is 16.3. The van der Waals surface area contributed by atoms with Crippen LogP contribution in [0.4, 0.5) is 39.5 Å². The van der Waals surface area contributed by atoms with Crippen molar-refractivity contribution in [3.63, 3.8) is 0 Å². The van der Waals surface area contributed by atoms with Crippen LogP contribution in [0.1, 0.15) is 11.3 Å². The predicted molar refractivity (Wildman–Crippen MR) is 106 cm³/mol. The summed E-state index contributed by atoms with van der Waals surface area (Å²) in [5, 5.41) is 2.46. The highest BCUT2D eigenvalue weighted by Gasteiger charge is 2.65. The molecule has 12 heteroatoms. The molecule has 186 valence electrons. The van der Waals surface area contributed by atoms with Crippen LogP contribution in [0.25, 0.3) is 11.1 Å². The SMILES string of the molecule is Fc1ccc(C2(C(F)(F)c3ccc(-c4ccc(OCC(F)(F)C(F)(F)F)cc4)cn3)CN2)c(F)c1. The van der Waals surface area contributed by atoms with Gasteiger partial charge in [0, 0.05) is 29.9 Å². The highest BCUT2D eigenvalue weighted by atomic mass is 19.4. The van der Waals surface area contributed by atoms with Crippen LogP contribution in [0.15, 0.2) is 60.8 Å². The van der Waals surface area contributed by atoms with Crippen molar-refractivity contribution in [2.45, 2.75) is 23.6 Å². The molecule has 0 spiro atoms. The Morgan fingerprint density at radius 3 is 2.00 bits per heavy atom. The average Bonchev–Trinajstić information content (AvgIpc) is 3.60. The molecule has 1 N–H and O–H groups in total. The van der Waals surface area contributed by atoms with Crippen LogP contribution in [-0.2, 0) is 11.5 Å². The van der Waals surface area contributed by atoms with E-state index < -0.39 is 53.1 Å². The molecule has 1 aliphatic rings. The quantitative estimate of drug-likeness (QED) is 0.307. The van der Waals surface area contributed by atoms with Gasteiger partial charge >= 0.3 is 18.0 Å². The Kier molecular flexibility index (Phi) is 5.98. The van der Waals surface area contributed by atoms with Gasteiger partial charge in [0.1, 0.15) is 28.6 Å². The molecule has 0 bridgehead atoms. The van der Waals surface area contributed by atoms with E-state index in [0.29, 0.717) is 17.2 Å². The Bertz CT molecular complexity index is 1210. The lowest BCUT2D eigenvalue weighted by Crippen LogP contribution is -2.41. The minimum absolute atomic E-state index is 0.253. The summed E-state index contributed by atoms with van der Waals surface area (Å²) in [6.07, 6.45) is -4.65. The fraction of sp³-hybridized carbons (Fsp3) is 0.261. The van der Waals surface area contributed by atoms with E-state index in [1.54, 1.807) is 0 Å². The standard InChI is InChI=1S/C23H15F9N2O/c24-15-4-7-17(18(25)9-15)20(11-34-20)22(28,29)19-8-3-14(10-33-19)13-1-5-16(6-2-13)35-12-21(26,27)23(30,31)32/h1-10,34H,11-12H2. The summed E-state index contributed by atoms with van der Waals surface area (Å²) in [5.41, 5.74) is -2.43. The molecule has 4 rings (SSSR count). The fourth-order valence-corrected chi connectivity index (χ4v) is 3.47. The second-order valence-corrected chi connectivity index (χ2v) is 7.90. The molecule has 2 aromatic carbocycles. The number of alkyl halides is 7. The first-order valence-electron chi connectivity index (χ1n) is 9.99. The van der Waals surface area contributed by atoms with Crippen LogP contribution < -0.4 is 10.1 Å². The minimum Gasteiger partial charge on any atom is -0.487 e. The molecule has 1 unspecified atom stereocenters. The van der Waals surface area contributed by atoms with E-state index in [1.165, 1.54) is 18.2 Å². The van der Waals surface area contributed by atoms with Crippen molar-refractivity contribution >= 4 is 0 Å². The van der Waals surface area contributed by atoms with E-state index in [2.05, 4.69) is 15.0 Å². The predicted octanol–water partition coefficient (Wildman–Crippen LogP) is 6.19. The van der Waals surface area contributed by atoms with E-state index >= 15 is 8.78 Å². The van der Waals surface area contributed by atoms with Crippen molar-refractivity contribution < 1.29 is 44.3 Å². The molecule has 1 saturated heterocycles. The molecule has 1 atom stereocenters. The molecule has 1 aromatic heterocycles. The summed E-state index contributed by atoms with van der Waals surface area (Å²) < 4.78 is 125. The third-order valence-electron chi connectivity index (χ3n) is 5.56. The minimum atomic E-state index is -5.75. The van der Waals surface area contributed by atoms with Gasteiger partial charge in [-0.3, -0.25) is 10.3 Å². The Balaban J connectivity index is 1.50. The zero-order valence-corrected chi connectivity index (χ0v) is 17.4. The van der Waals surface area contributed by atoms with Gasteiger partial charge in [-0.05, 0) is 29.8 Å². The number of nitrogens with one attached hydrogen (secondary N) is 1. The zero-order chi connectivity index (χ0) is 25.6. The summed E-state index contributed by atoms with van der Waals surface area (Å²) in [7, 11) is 0. The smallest absolute Gasteiger partial charge is 0.456 e. The molecule has 0 radical (unpaired) electrons. The molecule has 1 fully saturated rings. The van der Waals surface area contributed by atoms with Gasteiger partial charge in [0.05, 0.1) is 0 Å². The lowest BCUT2D eigenvalue weighted by atomic mass is 9.89. The molecule has 3 aromatic rings. The van der Waals surface area contributed by atoms with E-state index in [0.717, 1.165) is 36.5 Å². The third-order valence-corrected chi connectivity index (χ3v) is 5.56. The van der Waals surface area contributed by atoms with Crippen molar-refractivity contribution in [1.29, 1.82) is 0 Å². The number of halogens is 9. The highest BCUT2D eigenvalue weighted by molar-refractivity contribution is 5.63. The lowest BCUT2D eigenvalue weighted by molar-refractivity contribution is -0.290. The Hall–Kier alpha value is -3.28. The Morgan fingerprint density at radius 2 is 1.49 bits per heavy atom. The first-order valence-corrected chi connectivity index (χ1v) is 9.99. The molecule has 0 saturated carbocycles. The second-order valence-electron chi connectivity index (χ2n) is 7.90. The Labute approximate surface area is 192 Å². The van der Waals surface area contributed by atoms with Crippen LogP contribution in [0.2, 0.25) is 0 Å². The van der Waals surface area contributed by atoms with Crippen molar-refractivity contribution in [2.75, 3.05) is 13.2 Å². The monoisotopic (exact) mass is 506 g/mol. The summed E-state index contributed by atoms with van der Waals surface area (Å²) in [6, 6.07) is 9.59. The summed E-state index contributed by atoms with van der Waals surface area (Å²) in [4.78, 5) is 3.78. The molecule has 35 heavy (non-hydrogen) atoms. The van der Waals surface area contributed by atoms with E-state index in [9.17, 15) is 30.7 Å². The van der Waals surface area contributed by atoms with Crippen LogP contribution in [0.3, 0.4) is 0 Å². The maximum atomic E-state index is 15.3. The van der Waals surface area contributed by atoms with Gasteiger partial charge in [-0.15, -0.1) is 0 Å². The van der Waals surface area contributed by atoms with Crippen LogP contribution in [0.5, 0.6) is 5.75 Å². The van der Waals surface area contributed by atoms with Crippen molar-refractivity contribution in [2.24, 2.45) is 0 Å². The number of pyridine rings is 1. The number of hydrogen-bond acceptors (Lipinski definition) is 3. The number of ether oxygens (including phenoxy) is 1. The van der Waals surface area contributed by atoms with Crippen LogP contribution >= 0.6 is 0 Å². The summed E-state index contributed by atoms with van der Waals surface area (Å²) in [6.45, 7) is -2.16. The van der Waals surface area contributed by atoms with E-state index in [4.69, 9.17) is 0 Å². The van der Waals surface area contributed by atoms with Gasteiger partial charge in [-0.2, -0.15) is 30.7 Å².